The predicted octanol–water partition coefficient (Wildman–Crippen LogP) is 3.25. The molecule has 0 radical (unpaired) electrons. The van der Waals surface area contributed by atoms with Gasteiger partial charge in [-0.1, -0.05) is 42.1 Å². The SMILES string of the molecule is Cc1cc(C)n(-c2ccc(SCC(=O)N[C@H](C)c3ccccc3)nn2)n1. The van der Waals surface area contributed by atoms with Crippen molar-refractivity contribution >= 4 is 17.7 Å². The second-order valence-corrected chi connectivity index (χ2v) is 7.05. The molecule has 3 rings (SSSR count). The molecular formula is C19H21N5OS. The van der Waals surface area contributed by atoms with Crippen molar-refractivity contribution in [3.05, 3.63) is 65.5 Å². The molecule has 1 N–H and O–H groups in total. The van der Waals surface area contributed by atoms with E-state index in [9.17, 15) is 4.79 Å². The highest BCUT2D eigenvalue weighted by Gasteiger charge is 2.11. The molecule has 0 aliphatic rings. The van der Waals surface area contributed by atoms with Gasteiger partial charge in [0, 0.05) is 5.69 Å². The van der Waals surface area contributed by atoms with Crippen LogP contribution in [0.25, 0.3) is 5.82 Å². The quantitative estimate of drug-likeness (QED) is 0.677. The lowest BCUT2D eigenvalue weighted by molar-refractivity contribution is -0.119. The number of hydrogen-bond donors (Lipinski definition) is 1. The van der Waals surface area contributed by atoms with Gasteiger partial charge in [0.05, 0.1) is 17.5 Å². The van der Waals surface area contributed by atoms with Crippen molar-refractivity contribution < 1.29 is 4.79 Å². The number of benzene rings is 1. The molecule has 0 spiro atoms. The van der Waals surface area contributed by atoms with E-state index in [2.05, 4.69) is 20.6 Å². The summed E-state index contributed by atoms with van der Waals surface area (Å²) in [5.74, 6) is 0.934. The highest BCUT2D eigenvalue weighted by Crippen LogP contribution is 2.17. The second kappa shape index (κ2) is 8.14. The lowest BCUT2D eigenvalue weighted by atomic mass is 10.1. The molecule has 0 saturated heterocycles. The van der Waals surface area contributed by atoms with Gasteiger partial charge < -0.3 is 5.32 Å². The minimum Gasteiger partial charge on any atom is -0.349 e. The van der Waals surface area contributed by atoms with Crippen molar-refractivity contribution in [3.8, 4) is 5.82 Å². The smallest absolute Gasteiger partial charge is 0.230 e. The van der Waals surface area contributed by atoms with Crippen molar-refractivity contribution in [2.24, 2.45) is 0 Å². The summed E-state index contributed by atoms with van der Waals surface area (Å²) in [6.45, 7) is 5.89. The predicted molar refractivity (Wildman–Crippen MR) is 102 cm³/mol. The lowest BCUT2D eigenvalue weighted by Gasteiger charge is -2.13. The third kappa shape index (κ3) is 4.49. The number of carbonyl (C=O) groups excluding carboxylic acids is 1. The van der Waals surface area contributed by atoms with Crippen LogP contribution in [0, 0.1) is 13.8 Å². The third-order valence-corrected chi connectivity index (χ3v) is 4.80. The molecule has 134 valence electrons. The van der Waals surface area contributed by atoms with Gasteiger partial charge in [-0.3, -0.25) is 4.79 Å². The van der Waals surface area contributed by atoms with E-state index in [0.717, 1.165) is 17.0 Å². The van der Waals surface area contributed by atoms with E-state index in [1.54, 1.807) is 4.68 Å². The van der Waals surface area contributed by atoms with Gasteiger partial charge in [0.15, 0.2) is 5.82 Å². The molecule has 2 aromatic heterocycles. The minimum atomic E-state index is -0.0317. The molecule has 1 amide bonds. The Hall–Kier alpha value is -2.67. The summed E-state index contributed by atoms with van der Waals surface area (Å²) in [5.41, 5.74) is 3.03. The van der Waals surface area contributed by atoms with Crippen molar-refractivity contribution in [3.63, 3.8) is 0 Å². The zero-order valence-corrected chi connectivity index (χ0v) is 15.8. The summed E-state index contributed by atoms with van der Waals surface area (Å²) < 4.78 is 1.75. The van der Waals surface area contributed by atoms with Crippen LogP contribution >= 0.6 is 11.8 Å². The fourth-order valence-electron chi connectivity index (χ4n) is 2.61. The van der Waals surface area contributed by atoms with E-state index in [-0.39, 0.29) is 11.9 Å². The van der Waals surface area contributed by atoms with E-state index < -0.39 is 0 Å². The van der Waals surface area contributed by atoms with Crippen molar-refractivity contribution in [1.82, 2.24) is 25.3 Å². The summed E-state index contributed by atoms with van der Waals surface area (Å²) in [6.07, 6.45) is 0. The van der Waals surface area contributed by atoms with E-state index in [1.807, 2.05) is 69.3 Å². The standard InChI is InChI=1S/C19H21N5OS/c1-13-11-14(2)24(23-13)17-9-10-19(22-21-17)26-12-18(25)20-15(3)16-7-5-4-6-8-16/h4-11,15H,12H2,1-3H3,(H,20,25)/t15-/m1/s1. The molecule has 1 atom stereocenters. The highest BCUT2D eigenvalue weighted by atomic mass is 32.2. The number of aromatic nitrogens is 4. The molecule has 0 saturated carbocycles. The van der Waals surface area contributed by atoms with Crippen molar-refractivity contribution in [2.75, 3.05) is 5.75 Å². The summed E-state index contributed by atoms with van der Waals surface area (Å²) in [6, 6.07) is 15.6. The average molecular weight is 367 g/mol. The minimum absolute atomic E-state index is 0.0243. The molecule has 0 fully saturated rings. The van der Waals surface area contributed by atoms with E-state index >= 15 is 0 Å². The molecule has 7 heteroatoms. The third-order valence-electron chi connectivity index (χ3n) is 3.88. The Labute approximate surface area is 157 Å². The van der Waals surface area contributed by atoms with Crippen LogP contribution in [-0.2, 0) is 4.79 Å². The lowest BCUT2D eigenvalue weighted by Crippen LogP contribution is -2.28. The van der Waals surface area contributed by atoms with Crippen LogP contribution in [0.3, 0.4) is 0 Å². The number of thioether (sulfide) groups is 1. The van der Waals surface area contributed by atoms with Crippen LogP contribution in [0.4, 0.5) is 0 Å². The van der Waals surface area contributed by atoms with Gasteiger partial charge in [0.1, 0.15) is 5.03 Å². The maximum Gasteiger partial charge on any atom is 0.230 e. The number of aryl methyl sites for hydroxylation is 2. The van der Waals surface area contributed by atoms with Gasteiger partial charge in [-0.15, -0.1) is 10.2 Å². The van der Waals surface area contributed by atoms with Gasteiger partial charge >= 0.3 is 0 Å². The number of amides is 1. The largest absolute Gasteiger partial charge is 0.349 e. The maximum atomic E-state index is 12.1. The van der Waals surface area contributed by atoms with Crippen LogP contribution in [0.2, 0.25) is 0 Å². The van der Waals surface area contributed by atoms with Crippen molar-refractivity contribution in [1.29, 1.82) is 0 Å². The Balaban J connectivity index is 1.55. The van der Waals surface area contributed by atoms with Gasteiger partial charge in [-0.25, -0.2) is 4.68 Å². The molecule has 2 heterocycles. The van der Waals surface area contributed by atoms with Crippen LogP contribution < -0.4 is 5.32 Å². The Kier molecular flexibility index (Phi) is 5.68. The van der Waals surface area contributed by atoms with E-state index in [0.29, 0.717) is 16.6 Å². The zero-order valence-electron chi connectivity index (χ0n) is 15.0. The van der Waals surface area contributed by atoms with E-state index in [1.165, 1.54) is 11.8 Å². The maximum absolute atomic E-state index is 12.1. The number of carbonyl (C=O) groups is 1. The number of nitrogens with one attached hydrogen (secondary N) is 1. The Bertz CT molecular complexity index is 877. The van der Waals surface area contributed by atoms with Gasteiger partial charge in [0.2, 0.25) is 5.91 Å². The average Bonchev–Trinajstić information content (AvgIpc) is 2.99. The summed E-state index contributed by atoms with van der Waals surface area (Å²) in [7, 11) is 0. The molecular weight excluding hydrogens is 346 g/mol. The van der Waals surface area contributed by atoms with Crippen LogP contribution in [0.5, 0.6) is 0 Å². The van der Waals surface area contributed by atoms with Gasteiger partial charge in [-0.2, -0.15) is 5.10 Å². The van der Waals surface area contributed by atoms with Gasteiger partial charge in [-0.05, 0) is 44.5 Å². The van der Waals surface area contributed by atoms with Gasteiger partial charge in [0.25, 0.3) is 0 Å². The Morgan fingerprint density at radius 3 is 2.54 bits per heavy atom. The second-order valence-electron chi connectivity index (χ2n) is 6.06. The molecule has 6 nitrogen and oxygen atoms in total. The molecule has 1 aromatic carbocycles. The zero-order chi connectivity index (χ0) is 18.5. The molecule has 0 bridgehead atoms. The normalized spacial score (nSPS) is 12.0. The fourth-order valence-corrected chi connectivity index (χ4v) is 3.24. The number of nitrogens with zero attached hydrogens (tertiary/aromatic N) is 4. The fraction of sp³-hybridized carbons (Fsp3) is 0.263. The molecule has 26 heavy (non-hydrogen) atoms. The van der Waals surface area contributed by atoms with Crippen LogP contribution in [-0.4, -0.2) is 31.6 Å². The first-order valence-electron chi connectivity index (χ1n) is 8.37. The first-order valence-corrected chi connectivity index (χ1v) is 9.36. The van der Waals surface area contributed by atoms with Crippen LogP contribution in [0.15, 0.2) is 53.6 Å². The van der Waals surface area contributed by atoms with E-state index in [4.69, 9.17) is 0 Å². The van der Waals surface area contributed by atoms with Crippen LogP contribution in [0.1, 0.15) is 29.9 Å². The first kappa shape index (κ1) is 18.1. The summed E-state index contributed by atoms with van der Waals surface area (Å²) in [5, 5.41) is 16.5. The number of rotatable bonds is 6. The Morgan fingerprint density at radius 1 is 1.15 bits per heavy atom. The first-order chi connectivity index (χ1) is 12.5. The van der Waals surface area contributed by atoms with Crippen molar-refractivity contribution in [2.45, 2.75) is 31.8 Å². The highest BCUT2D eigenvalue weighted by molar-refractivity contribution is 7.99. The molecule has 0 aliphatic heterocycles. The summed E-state index contributed by atoms with van der Waals surface area (Å²) >= 11 is 1.36. The Morgan fingerprint density at radius 2 is 1.92 bits per heavy atom. The summed E-state index contributed by atoms with van der Waals surface area (Å²) in [4.78, 5) is 12.1. The monoisotopic (exact) mass is 367 g/mol. The molecule has 0 aliphatic carbocycles. The molecule has 3 aromatic rings. The molecule has 0 unspecified atom stereocenters. The number of hydrogen-bond acceptors (Lipinski definition) is 5. The topological polar surface area (TPSA) is 72.7 Å².